The molecular weight excluding hydrogens is 160 g/mol. The summed E-state index contributed by atoms with van der Waals surface area (Å²) in [6.45, 7) is 3.68. The van der Waals surface area contributed by atoms with Gasteiger partial charge < -0.3 is 10.6 Å². The van der Waals surface area contributed by atoms with Gasteiger partial charge in [-0.1, -0.05) is 4.91 Å². The summed E-state index contributed by atoms with van der Waals surface area (Å²) in [5.41, 5.74) is 0.635. The first-order chi connectivity index (χ1) is 5.65. The molecule has 1 rings (SSSR count). The Labute approximate surface area is 69.3 Å². The Morgan fingerprint density at radius 2 is 2.33 bits per heavy atom. The lowest BCUT2D eigenvalue weighted by Crippen LogP contribution is -2.13. The second-order valence-corrected chi connectivity index (χ2v) is 2.17. The smallest absolute Gasteiger partial charge is 0.360 e. The number of aromatic nitrogens is 3. The summed E-state index contributed by atoms with van der Waals surface area (Å²) >= 11 is 0. The van der Waals surface area contributed by atoms with Crippen molar-refractivity contribution in [1.82, 2.24) is 15.1 Å². The summed E-state index contributed by atoms with van der Waals surface area (Å²) in [6, 6.07) is 0. The van der Waals surface area contributed by atoms with E-state index in [9.17, 15) is 4.79 Å². The second-order valence-electron chi connectivity index (χ2n) is 2.17. The lowest BCUT2D eigenvalue weighted by molar-refractivity contribution is 0.0518. The molecule has 66 valence electrons. The molecule has 0 saturated carbocycles. The van der Waals surface area contributed by atoms with Crippen LogP contribution in [0.3, 0.4) is 0 Å². The zero-order valence-electron chi connectivity index (χ0n) is 6.94. The highest BCUT2D eigenvalue weighted by Crippen LogP contribution is 2.01. The predicted octanol–water partition coefficient (Wildman–Crippen LogP) is -0.523. The number of rotatable bonds is 2. The number of nitrogen functional groups attached to an aromatic ring is 1. The van der Waals surface area contributed by atoms with E-state index in [1.807, 2.05) is 0 Å². The zero-order chi connectivity index (χ0) is 9.14. The van der Waals surface area contributed by atoms with Gasteiger partial charge in [0.25, 0.3) is 0 Å². The van der Waals surface area contributed by atoms with Crippen molar-refractivity contribution in [3.8, 4) is 0 Å². The Balaban J connectivity index is 2.87. The van der Waals surface area contributed by atoms with Crippen molar-refractivity contribution in [2.24, 2.45) is 0 Å². The van der Waals surface area contributed by atoms with E-state index in [1.54, 1.807) is 13.8 Å². The number of nitrogens with zero attached hydrogens (tertiary/aromatic N) is 3. The molecule has 0 aliphatic carbocycles. The van der Waals surface area contributed by atoms with Crippen LogP contribution < -0.4 is 5.84 Å². The fourth-order valence-corrected chi connectivity index (χ4v) is 0.786. The van der Waals surface area contributed by atoms with E-state index in [4.69, 9.17) is 10.6 Å². The van der Waals surface area contributed by atoms with Crippen molar-refractivity contribution in [3.05, 3.63) is 11.4 Å². The van der Waals surface area contributed by atoms with E-state index in [-0.39, 0.29) is 5.69 Å². The number of hydrogen-bond acceptors (Lipinski definition) is 5. The van der Waals surface area contributed by atoms with E-state index >= 15 is 0 Å². The van der Waals surface area contributed by atoms with Crippen molar-refractivity contribution in [2.45, 2.75) is 13.8 Å². The molecule has 0 aliphatic heterocycles. The maximum absolute atomic E-state index is 11.1. The van der Waals surface area contributed by atoms with Gasteiger partial charge in [0.2, 0.25) is 0 Å². The Morgan fingerprint density at radius 1 is 1.67 bits per heavy atom. The van der Waals surface area contributed by atoms with Crippen LogP contribution in [0.4, 0.5) is 0 Å². The van der Waals surface area contributed by atoms with Crippen molar-refractivity contribution in [2.75, 3.05) is 12.4 Å². The number of hydrogen-bond donors (Lipinski definition) is 1. The van der Waals surface area contributed by atoms with Gasteiger partial charge in [-0.25, -0.2) is 4.79 Å². The average molecular weight is 170 g/mol. The Hall–Kier alpha value is -1.59. The van der Waals surface area contributed by atoms with Gasteiger partial charge in [-0.15, -0.1) is 10.2 Å². The van der Waals surface area contributed by atoms with Crippen LogP contribution in [0.25, 0.3) is 0 Å². The topological polar surface area (TPSA) is 83.0 Å². The predicted molar refractivity (Wildman–Crippen MR) is 40.9 cm³/mol. The molecule has 1 heterocycles. The molecule has 0 atom stereocenters. The molecule has 12 heavy (non-hydrogen) atoms. The molecule has 0 fully saturated rings. The van der Waals surface area contributed by atoms with Gasteiger partial charge in [0.05, 0.1) is 12.3 Å². The molecule has 2 N–H and O–H groups in total. The number of esters is 1. The number of aryl methyl sites for hydroxylation is 1. The minimum absolute atomic E-state index is 0.166. The number of carbonyl (C=O) groups is 1. The molecule has 0 spiro atoms. The van der Waals surface area contributed by atoms with Gasteiger partial charge in [0.15, 0.2) is 5.69 Å². The molecule has 0 aliphatic rings. The summed E-state index contributed by atoms with van der Waals surface area (Å²) in [6.07, 6.45) is 0. The van der Waals surface area contributed by atoms with Crippen molar-refractivity contribution >= 4 is 5.97 Å². The molecule has 0 unspecified atom stereocenters. The highest BCUT2D eigenvalue weighted by Gasteiger charge is 2.15. The van der Waals surface area contributed by atoms with Crippen LogP contribution in [-0.4, -0.2) is 27.7 Å². The minimum atomic E-state index is -0.494. The zero-order valence-corrected chi connectivity index (χ0v) is 6.94. The third kappa shape index (κ3) is 1.52. The van der Waals surface area contributed by atoms with Gasteiger partial charge in [0.1, 0.15) is 0 Å². The van der Waals surface area contributed by atoms with E-state index in [2.05, 4.69) is 10.2 Å². The van der Waals surface area contributed by atoms with E-state index in [0.29, 0.717) is 12.3 Å². The van der Waals surface area contributed by atoms with Crippen LogP contribution in [0.2, 0.25) is 0 Å². The van der Waals surface area contributed by atoms with E-state index in [1.165, 1.54) is 0 Å². The first-order valence-electron chi connectivity index (χ1n) is 3.51. The van der Waals surface area contributed by atoms with Crippen LogP contribution in [0.5, 0.6) is 0 Å². The Kier molecular flexibility index (Phi) is 2.27. The fraction of sp³-hybridized carbons (Fsp3) is 0.500. The van der Waals surface area contributed by atoms with Gasteiger partial charge >= 0.3 is 5.97 Å². The van der Waals surface area contributed by atoms with Crippen molar-refractivity contribution in [1.29, 1.82) is 0 Å². The largest absolute Gasteiger partial charge is 0.461 e. The van der Waals surface area contributed by atoms with Crippen LogP contribution in [0.15, 0.2) is 0 Å². The van der Waals surface area contributed by atoms with Crippen LogP contribution >= 0.6 is 0 Å². The molecule has 0 bridgehead atoms. The first kappa shape index (κ1) is 8.51. The minimum Gasteiger partial charge on any atom is -0.461 e. The molecule has 0 saturated heterocycles. The van der Waals surface area contributed by atoms with E-state index < -0.39 is 5.97 Å². The quantitative estimate of drug-likeness (QED) is 0.477. The molecule has 6 nitrogen and oxygen atoms in total. The molecule has 0 aromatic carbocycles. The van der Waals surface area contributed by atoms with Crippen molar-refractivity contribution in [3.63, 3.8) is 0 Å². The summed E-state index contributed by atoms with van der Waals surface area (Å²) in [7, 11) is 0. The number of ether oxygens (including phenoxy) is 1. The lowest BCUT2D eigenvalue weighted by Gasteiger charge is -1.96. The Morgan fingerprint density at radius 3 is 2.75 bits per heavy atom. The molecule has 0 radical (unpaired) electrons. The summed E-state index contributed by atoms with van der Waals surface area (Å²) in [5.74, 6) is 4.71. The standard InChI is InChI=1S/C6H10N4O2/c1-3-12-6(11)5-4(2)8-10(7)9-5/h3,7H2,1-2H3. The molecule has 1 aromatic heterocycles. The molecule has 6 heteroatoms. The first-order valence-corrected chi connectivity index (χ1v) is 3.51. The monoisotopic (exact) mass is 170 g/mol. The number of carbonyl (C=O) groups excluding carboxylic acids is 1. The highest BCUT2D eigenvalue weighted by molar-refractivity contribution is 5.88. The highest BCUT2D eigenvalue weighted by atomic mass is 16.5. The number of nitrogens with two attached hydrogens (primary N) is 1. The van der Waals surface area contributed by atoms with Crippen LogP contribution in [-0.2, 0) is 4.74 Å². The average Bonchev–Trinajstić information content (AvgIpc) is 2.30. The van der Waals surface area contributed by atoms with Crippen LogP contribution in [0.1, 0.15) is 23.1 Å². The third-order valence-corrected chi connectivity index (χ3v) is 1.27. The molecule has 1 aromatic rings. The maximum atomic E-state index is 11.1. The SMILES string of the molecule is CCOC(=O)c1nn(N)nc1C. The van der Waals surface area contributed by atoms with Gasteiger partial charge in [-0.05, 0) is 13.8 Å². The van der Waals surface area contributed by atoms with Gasteiger partial charge in [0, 0.05) is 0 Å². The maximum Gasteiger partial charge on any atom is 0.360 e. The summed E-state index contributed by atoms with van der Waals surface area (Å²) < 4.78 is 4.71. The summed E-state index contributed by atoms with van der Waals surface area (Å²) in [4.78, 5) is 11.9. The molecular formula is C6H10N4O2. The summed E-state index contributed by atoms with van der Waals surface area (Å²) in [5, 5.41) is 7.33. The lowest BCUT2D eigenvalue weighted by atomic mass is 10.3. The van der Waals surface area contributed by atoms with Gasteiger partial charge in [-0.2, -0.15) is 0 Å². The van der Waals surface area contributed by atoms with Crippen molar-refractivity contribution < 1.29 is 9.53 Å². The normalized spacial score (nSPS) is 9.83. The third-order valence-electron chi connectivity index (χ3n) is 1.27. The molecule has 0 amide bonds. The fourth-order valence-electron chi connectivity index (χ4n) is 0.786. The Bertz CT molecular complexity index is 294. The van der Waals surface area contributed by atoms with E-state index in [0.717, 1.165) is 4.91 Å². The van der Waals surface area contributed by atoms with Crippen LogP contribution in [0, 0.1) is 6.92 Å². The second kappa shape index (κ2) is 3.21. The van der Waals surface area contributed by atoms with Gasteiger partial charge in [-0.3, -0.25) is 0 Å².